The third-order valence-electron chi connectivity index (χ3n) is 2.91. The van der Waals surface area contributed by atoms with Crippen LogP contribution in [0.4, 0.5) is 17.6 Å². The molecule has 1 nitrogen and oxygen atoms in total. The fourth-order valence-electron chi connectivity index (χ4n) is 1.93. The molecule has 1 aromatic carbocycles. The predicted octanol–water partition coefficient (Wildman–Crippen LogP) is 4.41. The zero-order valence-electron chi connectivity index (χ0n) is 11.9. The quantitative estimate of drug-likeness (QED) is 0.579. The van der Waals surface area contributed by atoms with Crippen molar-refractivity contribution in [2.45, 2.75) is 39.3 Å². The molecule has 0 heterocycles. The highest BCUT2D eigenvalue weighted by Crippen LogP contribution is 2.30. The van der Waals surface area contributed by atoms with E-state index in [0.29, 0.717) is 24.0 Å². The molecule has 0 fully saturated rings. The van der Waals surface area contributed by atoms with Gasteiger partial charge in [-0.2, -0.15) is 13.2 Å². The fraction of sp³-hybridized carbons (Fsp3) is 0.600. The number of aryl methyl sites for hydroxylation is 1. The SMILES string of the molecule is CC(C)CNCCCCc1cc(F)cc(C(F)(F)F)c1. The lowest BCUT2D eigenvalue weighted by atomic mass is 10.0. The van der Waals surface area contributed by atoms with Crippen LogP contribution in [0, 0.1) is 11.7 Å². The molecule has 20 heavy (non-hydrogen) atoms. The Hall–Kier alpha value is -1.10. The Balaban J connectivity index is 2.42. The van der Waals surface area contributed by atoms with Crippen molar-refractivity contribution in [2.75, 3.05) is 13.1 Å². The van der Waals surface area contributed by atoms with Crippen LogP contribution in [-0.2, 0) is 12.6 Å². The summed E-state index contributed by atoms with van der Waals surface area (Å²) in [6.45, 7) is 5.98. The van der Waals surface area contributed by atoms with Gasteiger partial charge >= 0.3 is 6.18 Å². The van der Waals surface area contributed by atoms with Crippen molar-refractivity contribution in [3.63, 3.8) is 0 Å². The van der Waals surface area contributed by atoms with Crippen LogP contribution in [0.15, 0.2) is 18.2 Å². The summed E-state index contributed by atoms with van der Waals surface area (Å²) in [7, 11) is 0. The van der Waals surface area contributed by atoms with Crippen LogP contribution < -0.4 is 5.32 Å². The molecule has 0 aliphatic carbocycles. The van der Waals surface area contributed by atoms with Gasteiger partial charge in [0.1, 0.15) is 5.82 Å². The molecule has 0 saturated carbocycles. The summed E-state index contributed by atoms with van der Waals surface area (Å²) in [5, 5.41) is 3.26. The maximum absolute atomic E-state index is 13.2. The van der Waals surface area contributed by atoms with E-state index in [2.05, 4.69) is 19.2 Å². The first kappa shape index (κ1) is 17.0. The van der Waals surface area contributed by atoms with Crippen molar-refractivity contribution < 1.29 is 17.6 Å². The van der Waals surface area contributed by atoms with E-state index in [1.54, 1.807) is 0 Å². The lowest BCUT2D eigenvalue weighted by Gasteiger charge is -2.10. The second-order valence-corrected chi connectivity index (χ2v) is 5.40. The average molecular weight is 291 g/mol. The summed E-state index contributed by atoms with van der Waals surface area (Å²) in [4.78, 5) is 0. The number of hydrogen-bond donors (Lipinski definition) is 1. The van der Waals surface area contributed by atoms with Gasteiger partial charge in [-0.05, 0) is 62.0 Å². The van der Waals surface area contributed by atoms with E-state index in [0.717, 1.165) is 32.0 Å². The summed E-state index contributed by atoms with van der Waals surface area (Å²) < 4.78 is 50.8. The topological polar surface area (TPSA) is 12.0 Å². The summed E-state index contributed by atoms with van der Waals surface area (Å²) in [6, 6.07) is 2.75. The van der Waals surface area contributed by atoms with Crippen molar-refractivity contribution in [1.29, 1.82) is 0 Å². The molecule has 0 aromatic heterocycles. The molecular weight excluding hydrogens is 270 g/mol. The Morgan fingerprint density at radius 2 is 1.80 bits per heavy atom. The predicted molar refractivity (Wildman–Crippen MR) is 72.0 cm³/mol. The van der Waals surface area contributed by atoms with Gasteiger partial charge in [-0.15, -0.1) is 0 Å². The van der Waals surface area contributed by atoms with Gasteiger partial charge in [-0.3, -0.25) is 0 Å². The van der Waals surface area contributed by atoms with E-state index in [1.807, 2.05) is 0 Å². The van der Waals surface area contributed by atoms with Gasteiger partial charge in [0.05, 0.1) is 5.56 Å². The highest BCUT2D eigenvalue weighted by molar-refractivity contribution is 5.26. The molecule has 0 atom stereocenters. The molecule has 0 aliphatic rings. The Labute approximate surface area is 117 Å². The minimum absolute atomic E-state index is 0.404. The molecule has 0 radical (unpaired) electrons. The zero-order valence-corrected chi connectivity index (χ0v) is 11.9. The Kier molecular flexibility index (Phi) is 6.46. The molecule has 0 bridgehead atoms. The van der Waals surface area contributed by atoms with E-state index in [1.165, 1.54) is 6.07 Å². The first-order valence-corrected chi connectivity index (χ1v) is 6.86. The number of unbranched alkanes of at least 4 members (excludes halogenated alkanes) is 1. The third-order valence-corrected chi connectivity index (χ3v) is 2.91. The molecule has 1 rings (SSSR count). The third kappa shape index (κ3) is 6.37. The van der Waals surface area contributed by atoms with Crippen molar-refractivity contribution in [1.82, 2.24) is 5.32 Å². The smallest absolute Gasteiger partial charge is 0.316 e. The second-order valence-electron chi connectivity index (χ2n) is 5.40. The zero-order chi connectivity index (χ0) is 15.2. The van der Waals surface area contributed by atoms with E-state index >= 15 is 0 Å². The first-order chi connectivity index (χ1) is 9.29. The molecule has 0 aliphatic heterocycles. The number of nitrogens with one attached hydrogen (secondary N) is 1. The molecule has 0 unspecified atom stereocenters. The molecule has 5 heteroatoms. The van der Waals surface area contributed by atoms with E-state index < -0.39 is 17.6 Å². The van der Waals surface area contributed by atoms with Crippen LogP contribution >= 0.6 is 0 Å². The summed E-state index contributed by atoms with van der Waals surface area (Å²) in [5.41, 5.74) is -0.508. The van der Waals surface area contributed by atoms with Gasteiger partial charge in [-0.25, -0.2) is 4.39 Å². The average Bonchev–Trinajstić information content (AvgIpc) is 2.31. The number of halogens is 4. The number of hydrogen-bond acceptors (Lipinski definition) is 1. The maximum atomic E-state index is 13.2. The molecule has 0 spiro atoms. The molecule has 0 amide bonds. The van der Waals surface area contributed by atoms with Crippen molar-refractivity contribution in [3.05, 3.63) is 35.1 Å². The minimum atomic E-state index is -4.49. The largest absolute Gasteiger partial charge is 0.416 e. The van der Waals surface area contributed by atoms with E-state index in [4.69, 9.17) is 0 Å². The Morgan fingerprint density at radius 3 is 2.40 bits per heavy atom. The normalized spacial score (nSPS) is 12.2. The number of alkyl halides is 3. The van der Waals surface area contributed by atoms with Gasteiger partial charge in [0.2, 0.25) is 0 Å². The van der Waals surface area contributed by atoms with E-state index in [-0.39, 0.29) is 0 Å². The Morgan fingerprint density at radius 1 is 1.10 bits per heavy atom. The monoisotopic (exact) mass is 291 g/mol. The van der Waals surface area contributed by atoms with Crippen LogP contribution in [0.2, 0.25) is 0 Å². The standard InChI is InChI=1S/C15H21F4N/c1-11(2)10-20-6-4-3-5-12-7-13(15(17,18)19)9-14(16)8-12/h7-9,11,20H,3-6,10H2,1-2H3. The van der Waals surface area contributed by atoms with Crippen LogP contribution in [0.25, 0.3) is 0 Å². The molecular formula is C15H21F4N. The van der Waals surface area contributed by atoms with Crippen LogP contribution in [0.3, 0.4) is 0 Å². The van der Waals surface area contributed by atoms with Crippen LogP contribution in [-0.4, -0.2) is 13.1 Å². The maximum Gasteiger partial charge on any atom is 0.416 e. The summed E-state index contributed by atoms with van der Waals surface area (Å²) in [5.74, 6) is -0.250. The molecule has 1 N–H and O–H groups in total. The van der Waals surface area contributed by atoms with Crippen molar-refractivity contribution >= 4 is 0 Å². The van der Waals surface area contributed by atoms with Crippen LogP contribution in [0.5, 0.6) is 0 Å². The number of benzene rings is 1. The van der Waals surface area contributed by atoms with Crippen molar-refractivity contribution in [3.8, 4) is 0 Å². The van der Waals surface area contributed by atoms with E-state index in [9.17, 15) is 17.6 Å². The van der Waals surface area contributed by atoms with Crippen LogP contribution in [0.1, 0.15) is 37.8 Å². The molecule has 0 saturated heterocycles. The van der Waals surface area contributed by atoms with Gasteiger partial charge in [0, 0.05) is 0 Å². The fourth-order valence-corrected chi connectivity index (χ4v) is 1.93. The lowest BCUT2D eigenvalue weighted by molar-refractivity contribution is -0.137. The minimum Gasteiger partial charge on any atom is -0.316 e. The number of rotatable bonds is 7. The highest BCUT2D eigenvalue weighted by atomic mass is 19.4. The highest BCUT2D eigenvalue weighted by Gasteiger charge is 2.31. The Bertz CT molecular complexity index is 413. The van der Waals surface area contributed by atoms with Gasteiger partial charge < -0.3 is 5.32 Å². The first-order valence-electron chi connectivity index (χ1n) is 6.86. The van der Waals surface area contributed by atoms with Gasteiger partial charge in [-0.1, -0.05) is 13.8 Å². The lowest BCUT2D eigenvalue weighted by Crippen LogP contribution is -2.20. The second kappa shape index (κ2) is 7.62. The van der Waals surface area contributed by atoms with Crippen molar-refractivity contribution in [2.24, 2.45) is 5.92 Å². The van der Waals surface area contributed by atoms with Gasteiger partial charge in [0.15, 0.2) is 0 Å². The molecule has 114 valence electrons. The summed E-state index contributed by atoms with van der Waals surface area (Å²) >= 11 is 0. The molecule has 1 aromatic rings. The summed E-state index contributed by atoms with van der Waals surface area (Å²) in [6.07, 6.45) is -2.42. The van der Waals surface area contributed by atoms with Gasteiger partial charge in [0.25, 0.3) is 0 Å².